The van der Waals surface area contributed by atoms with E-state index in [1.165, 1.54) is 20.3 Å². The van der Waals surface area contributed by atoms with E-state index in [4.69, 9.17) is 9.47 Å². The first kappa shape index (κ1) is 18.2. The number of carbonyl (C=O) groups excluding carboxylic acids is 2. The van der Waals surface area contributed by atoms with Gasteiger partial charge in [0.15, 0.2) is 11.5 Å². The molecule has 0 fully saturated rings. The van der Waals surface area contributed by atoms with Crippen LogP contribution in [0.2, 0.25) is 0 Å². The molecule has 0 aliphatic carbocycles. The SMILES string of the molecule is COC(=O)C=Cc1ccc(OC(=O)c2cccc3ccccc23)c(OC)c1. The molecule has 3 aromatic carbocycles. The Balaban J connectivity index is 1.87. The summed E-state index contributed by atoms with van der Waals surface area (Å²) < 4.78 is 15.4. The Morgan fingerprint density at radius 1 is 0.889 bits per heavy atom. The van der Waals surface area contributed by atoms with E-state index in [0.29, 0.717) is 22.6 Å². The van der Waals surface area contributed by atoms with Crippen LogP contribution in [0.5, 0.6) is 11.5 Å². The molecule has 0 bridgehead atoms. The predicted octanol–water partition coefficient (Wildman–Crippen LogP) is 4.25. The van der Waals surface area contributed by atoms with Crippen LogP contribution in [0.15, 0.2) is 66.7 Å². The number of rotatable bonds is 5. The molecule has 0 atom stereocenters. The van der Waals surface area contributed by atoms with Crippen LogP contribution in [0.4, 0.5) is 0 Å². The maximum Gasteiger partial charge on any atom is 0.344 e. The lowest BCUT2D eigenvalue weighted by molar-refractivity contribution is -0.134. The summed E-state index contributed by atoms with van der Waals surface area (Å²) in [5.74, 6) is -0.246. The van der Waals surface area contributed by atoms with E-state index in [-0.39, 0.29) is 0 Å². The molecule has 0 amide bonds. The molecule has 3 rings (SSSR count). The molecule has 0 saturated heterocycles. The highest BCUT2D eigenvalue weighted by atomic mass is 16.6. The van der Waals surface area contributed by atoms with Crippen LogP contribution in [0.25, 0.3) is 16.8 Å². The van der Waals surface area contributed by atoms with E-state index in [1.807, 2.05) is 36.4 Å². The Hall–Kier alpha value is -3.60. The van der Waals surface area contributed by atoms with Gasteiger partial charge in [0.2, 0.25) is 0 Å². The molecule has 0 unspecified atom stereocenters. The molecule has 5 nitrogen and oxygen atoms in total. The highest BCUT2D eigenvalue weighted by Gasteiger charge is 2.15. The minimum atomic E-state index is -0.469. The molecule has 27 heavy (non-hydrogen) atoms. The lowest BCUT2D eigenvalue weighted by Crippen LogP contribution is -2.10. The van der Waals surface area contributed by atoms with E-state index in [2.05, 4.69) is 4.74 Å². The molecule has 0 N–H and O–H groups in total. The fourth-order valence-electron chi connectivity index (χ4n) is 2.66. The second-order valence-corrected chi connectivity index (χ2v) is 5.68. The van der Waals surface area contributed by atoms with Gasteiger partial charge in [-0.3, -0.25) is 0 Å². The number of ether oxygens (including phenoxy) is 3. The largest absolute Gasteiger partial charge is 0.493 e. The smallest absolute Gasteiger partial charge is 0.344 e. The summed E-state index contributed by atoms with van der Waals surface area (Å²) in [6, 6.07) is 18.1. The third-order valence-corrected chi connectivity index (χ3v) is 4.01. The first-order valence-electron chi connectivity index (χ1n) is 8.26. The maximum atomic E-state index is 12.7. The monoisotopic (exact) mass is 362 g/mol. The summed E-state index contributed by atoms with van der Waals surface area (Å²) in [5, 5.41) is 1.78. The third kappa shape index (κ3) is 4.15. The van der Waals surface area contributed by atoms with Crippen molar-refractivity contribution >= 4 is 28.8 Å². The predicted molar refractivity (Wildman–Crippen MR) is 103 cm³/mol. The molecule has 0 aromatic heterocycles. The van der Waals surface area contributed by atoms with Crippen molar-refractivity contribution in [3.8, 4) is 11.5 Å². The van der Waals surface area contributed by atoms with Gasteiger partial charge >= 0.3 is 11.9 Å². The molecule has 3 aromatic rings. The Kier molecular flexibility index (Phi) is 5.52. The van der Waals surface area contributed by atoms with Crippen molar-refractivity contribution < 1.29 is 23.8 Å². The van der Waals surface area contributed by atoms with Crippen molar-refractivity contribution in [2.45, 2.75) is 0 Å². The van der Waals surface area contributed by atoms with Crippen LogP contribution in [-0.2, 0) is 9.53 Å². The van der Waals surface area contributed by atoms with Crippen LogP contribution in [-0.4, -0.2) is 26.2 Å². The Morgan fingerprint density at radius 2 is 1.67 bits per heavy atom. The molecular formula is C22H18O5. The van der Waals surface area contributed by atoms with Gasteiger partial charge in [-0.15, -0.1) is 0 Å². The van der Waals surface area contributed by atoms with Crippen molar-refractivity contribution in [3.63, 3.8) is 0 Å². The lowest BCUT2D eigenvalue weighted by Gasteiger charge is -2.11. The van der Waals surface area contributed by atoms with E-state index in [0.717, 1.165) is 10.8 Å². The number of hydrogen-bond acceptors (Lipinski definition) is 5. The molecular weight excluding hydrogens is 344 g/mol. The zero-order valence-corrected chi connectivity index (χ0v) is 15.0. The molecule has 0 aliphatic heterocycles. The summed E-state index contributed by atoms with van der Waals surface area (Å²) in [6.45, 7) is 0. The number of esters is 2. The highest BCUT2D eigenvalue weighted by Crippen LogP contribution is 2.30. The van der Waals surface area contributed by atoms with Crippen molar-refractivity contribution in [2.75, 3.05) is 14.2 Å². The normalized spacial score (nSPS) is 10.7. The van der Waals surface area contributed by atoms with E-state index < -0.39 is 11.9 Å². The summed E-state index contributed by atoms with van der Waals surface area (Å²) in [6.07, 6.45) is 2.89. The van der Waals surface area contributed by atoms with Crippen molar-refractivity contribution in [3.05, 3.63) is 77.9 Å². The minimum Gasteiger partial charge on any atom is -0.493 e. The average Bonchev–Trinajstić information content (AvgIpc) is 2.72. The van der Waals surface area contributed by atoms with E-state index >= 15 is 0 Å². The summed E-state index contributed by atoms with van der Waals surface area (Å²) in [7, 11) is 2.79. The first-order valence-corrected chi connectivity index (χ1v) is 8.26. The second-order valence-electron chi connectivity index (χ2n) is 5.68. The van der Waals surface area contributed by atoms with Crippen LogP contribution in [0.1, 0.15) is 15.9 Å². The third-order valence-electron chi connectivity index (χ3n) is 4.01. The Labute approximate surface area is 156 Å². The molecule has 0 heterocycles. The van der Waals surface area contributed by atoms with E-state index in [9.17, 15) is 9.59 Å². The fourth-order valence-corrected chi connectivity index (χ4v) is 2.66. The lowest BCUT2D eigenvalue weighted by atomic mass is 10.0. The van der Waals surface area contributed by atoms with Crippen molar-refractivity contribution in [1.82, 2.24) is 0 Å². The minimum absolute atomic E-state index is 0.297. The highest BCUT2D eigenvalue weighted by molar-refractivity contribution is 6.05. The van der Waals surface area contributed by atoms with Gasteiger partial charge in [-0.1, -0.05) is 42.5 Å². The number of carbonyl (C=O) groups is 2. The fraction of sp³-hybridized carbons (Fsp3) is 0.0909. The molecule has 0 aliphatic rings. The van der Waals surface area contributed by atoms with Gasteiger partial charge in [-0.2, -0.15) is 0 Å². The van der Waals surface area contributed by atoms with E-state index in [1.54, 1.807) is 30.3 Å². The van der Waals surface area contributed by atoms with Gasteiger partial charge in [-0.05, 0) is 40.6 Å². The first-order chi connectivity index (χ1) is 13.1. The van der Waals surface area contributed by atoms with Gasteiger partial charge in [0.05, 0.1) is 19.8 Å². The van der Waals surface area contributed by atoms with Crippen molar-refractivity contribution in [1.29, 1.82) is 0 Å². The van der Waals surface area contributed by atoms with Gasteiger partial charge in [0.1, 0.15) is 0 Å². The van der Waals surface area contributed by atoms with Gasteiger partial charge in [0, 0.05) is 6.08 Å². The number of fused-ring (bicyclic) bond motifs is 1. The Bertz CT molecular complexity index is 1010. The summed E-state index contributed by atoms with van der Waals surface area (Å²) in [4.78, 5) is 23.9. The zero-order valence-electron chi connectivity index (χ0n) is 15.0. The number of benzene rings is 3. The second kappa shape index (κ2) is 8.19. The molecule has 0 radical (unpaired) electrons. The van der Waals surface area contributed by atoms with Crippen LogP contribution in [0.3, 0.4) is 0 Å². The quantitative estimate of drug-likeness (QED) is 0.386. The zero-order chi connectivity index (χ0) is 19.2. The van der Waals surface area contributed by atoms with Gasteiger partial charge in [-0.25, -0.2) is 9.59 Å². The van der Waals surface area contributed by atoms with Crippen LogP contribution >= 0.6 is 0 Å². The number of hydrogen-bond donors (Lipinski definition) is 0. The molecule has 136 valence electrons. The molecule has 5 heteroatoms. The molecule has 0 saturated carbocycles. The summed E-state index contributed by atoms with van der Waals surface area (Å²) in [5.41, 5.74) is 1.19. The number of methoxy groups -OCH3 is 2. The topological polar surface area (TPSA) is 61.8 Å². The summed E-state index contributed by atoms with van der Waals surface area (Å²) >= 11 is 0. The Morgan fingerprint density at radius 3 is 2.44 bits per heavy atom. The maximum absolute atomic E-state index is 12.7. The van der Waals surface area contributed by atoms with Crippen LogP contribution < -0.4 is 9.47 Å². The van der Waals surface area contributed by atoms with Crippen LogP contribution in [0, 0.1) is 0 Å². The average molecular weight is 362 g/mol. The van der Waals surface area contributed by atoms with Gasteiger partial charge in [0.25, 0.3) is 0 Å². The van der Waals surface area contributed by atoms with Gasteiger partial charge < -0.3 is 14.2 Å². The standard InChI is InChI=1S/C22H18O5/c1-25-20-14-15(11-13-21(23)26-2)10-12-19(20)27-22(24)18-9-5-7-16-6-3-4-8-17(16)18/h3-14H,1-2H3. The molecule has 0 spiro atoms. The van der Waals surface area contributed by atoms with Crippen molar-refractivity contribution in [2.24, 2.45) is 0 Å².